The molecule has 6 heteroatoms. The van der Waals surface area contributed by atoms with Gasteiger partial charge in [0.2, 0.25) is 0 Å². The molecule has 2 aliphatic rings. The summed E-state index contributed by atoms with van der Waals surface area (Å²) in [5, 5.41) is 0. The Bertz CT molecular complexity index is 889. The number of carbonyl (C=O) groups excluding carboxylic acids is 2. The lowest BCUT2D eigenvalue weighted by Gasteiger charge is -2.16. The predicted octanol–water partition coefficient (Wildman–Crippen LogP) is 3.68. The minimum atomic E-state index is -0.141. The standard InChI is InChI=1S/C22H24N4O2/c1-3-5-13-25-19-15(9-7-11-23-19)17(21(25)27)18-16-10-8-12-24-20(16)26(22(18)28)14-6-4-2/h7-12H,3-6,13-14H2,1-2H3/b18-17-. The van der Waals surface area contributed by atoms with Crippen molar-refractivity contribution in [1.82, 2.24) is 9.97 Å². The van der Waals surface area contributed by atoms with Gasteiger partial charge in [-0.1, -0.05) is 26.7 Å². The fourth-order valence-corrected chi connectivity index (χ4v) is 3.84. The van der Waals surface area contributed by atoms with Gasteiger partial charge in [-0.3, -0.25) is 19.4 Å². The third-order valence-corrected chi connectivity index (χ3v) is 5.26. The Hall–Kier alpha value is -3.02. The number of hydrogen-bond acceptors (Lipinski definition) is 4. The van der Waals surface area contributed by atoms with Gasteiger partial charge in [-0.05, 0) is 37.1 Å². The molecule has 28 heavy (non-hydrogen) atoms. The van der Waals surface area contributed by atoms with E-state index in [2.05, 4.69) is 23.8 Å². The van der Waals surface area contributed by atoms with Gasteiger partial charge in [0.05, 0.1) is 11.1 Å². The maximum atomic E-state index is 13.4. The lowest BCUT2D eigenvalue weighted by Crippen LogP contribution is -2.30. The molecular weight excluding hydrogens is 352 g/mol. The van der Waals surface area contributed by atoms with E-state index in [4.69, 9.17) is 0 Å². The second-order valence-electron chi connectivity index (χ2n) is 7.12. The first-order valence-electron chi connectivity index (χ1n) is 9.97. The van der Waals surface area contributed by atoms with Crippen molar-refractivity contribution in [3.8, 4) is 0 Å². The van der Waals surface area contributed by atoms with Crippen molar-refractivity contribution in [3.63, 3.8) is 0 Å². The highest BCUT2D eigenvalue weighted by molar-refractivity contribution is 6.49. The summed E-state index contributed by atoms with van der Waals surface area (Å²) in [5.74, 6) is 1.01. The van der Waals surface area contributed by atoms with Gasteiger partial charge in [-0.2, -0.15) is 0 Å². The molecule has 2 aromatic rings. The number of aromatic nitrogens is 2. The molecule has 144 valence electrons. The molecular formula is C22H24N4O2. The number of carbonyl (C=O) groups is 2. The van der Waals surface area contributed by atoms with Gasteiger partial charge in [0.25, 0.3) is 11.8 Å². The number of fused-ring (bicyclic) bond motifs is 2. The normalized spacial score (nSPS) is 18.1. The van der Waals surface area contributed by atoms with Crippen LogP contribution in [0.4, 0.5) is 11.6 Å². The van der Waals surface area contributed by atoms with Crippen LogP contribution in [0, 0.1) is 0 Å². The van der Waals surface area contributed by atoms with Crippen LogP contribution in [0.15, 0.2) is 36.7 Å². The molecule has 2 aromatic heterocycles. The van der Waals surface area contributed by atoms with Gasteiger partial charge in [0.1, 0.15) is 11.6 Å². The van der Waals surface area contributed by atoms with E-state index < -0.39 is 0 Å². The van der Waals surface area contributed by atoms with E-state index in [0.29, 0.717) is 35.9 Å². The summed E-state index contributed by atoms with van der Waals surface area (Å²) in [4.78, 5) is 39.0. The van der Waals surface area contributed by atoms with E-state index in [0.717, 1.165) is 36.8 Å². The molecule has 0 N–H and O–H groups in total. The highest BCUT2D eigenvalue weighted by Crippen LogP contribution is 2.45. The largest absolute Gasteiger partial charge is 0.292 e. The van der Waals surface area contributed by atoms with Gasteiger partial charge >= 0.3 is 0 Å². The smallest absolute Gasteiger partial charge is 0.261 e. The van der Waals surface area contributed by atoms with Crippen molar-refractivity contribution >= 4 is 34.6 Å². The Morgan fingerprint density at radius 1 is 0.750 bits per heavy atom. The number of amides is 2. The average Bonchev–Trinajstić information content (AvgIpc) is 3.15. The maximum Gasteiger partial charge on any atom is 0.261 e. The molecule has 0 unspecified atom stereocenters. The van der Waals surface area contributed by atoms with E-state index in [1.54, 1.807) is 22.2 Å². The van der Waals surface area contributed by atoms with Crippen LogP contribution in [0.2, 0.25) is 0 Å². The number of hydrogen-bond donors (Lipinski definition) is 0. The van der Waals surface area contributed by atoms with Crippen LogP contribution in [0.3, 0.4) is 0 Å². The maximum absolute atomic E-state index is 13.4. The van der Waals surface area contributed by atoms with Gasteiger partial charge in [0, 0.05) is 36.6 Å². The molecule has 6 nitrogen and oxygen atoms in total. The van der Waals surface area contributed by atoms with Gasteiger partial charge < -0.3 is 0 Å². The molecule has 2 aliphatic heterocycles. The van der Waals surface area contributed by atoms with Crippen molar-refractivity contribution < 1.29 is 9.59 Å². The number of unbranched alkanes of at least 4 members (excludes halogenated alkanes) is 2. The highest BCUT2D eigenvalue weighted by Gasteiger charge is 2.42. The van der Waals surface area contributed by atoms with Gasteiger partial charge in [0.15, 0.2) is 0 Å². The number of pyridine rings is 2. The fraction of sp³-hybridized carbons (Fsp3) is 0.364. The Labute approximate surface area is 164 Å². The summed E-state index contributed by atoms with van der Waals surface area (Å²) in [6.45, 7) is 5.38. The van der Waals surface area contributed by atoms with Crippen molar-refractivity contribution in [2.45, 2.75) is 39.5 Å². The Morgan fingerprint density at radius 2 is 1.18 bits per heavy atom. The molecule has 2 amide bonds. The zero-order valence-corrected chi connectivity index (χ0v) is 16.3. The molecule has 4 heterocycles. The minimum Gasteiger partial charge on any atom is -0.292 e. The zero-order valence-electron chi connectivity index (χ0n) is 16.3. The second-order valence-corrected chi connectivity index (χ2v) is 7.12. The van der Waals surface area contributed by atoms with E-state index in [1.165, 1.54) is 0 Å². The lowest BCUT2D eigenvalue weighted by molar-refractivity contribution is -0.114. The van der Waals surface area contributed by atoms with Gasteiger partial charge in [-0.15, -0.1) is 0 Å². The molecule has 4 rings (SSSR count). The number of nitrogens with zero attached hydrogens (tertiary/aromatic N) is 4. The molecule has 0 atom stereocenters. The van der Waals surface area contributed by atoms with Crippen molar-refractivity contribution in [2.24, 2.45) is 0 Å². The van der Waals surface area contributed by atoms with Crippen LogP contribution in [0.25, 0.3) is 11.1 Å². The van der Waals surface area contributed by atoms with Crippen molar-refractivity contribution in [2.75, 3.05) is 22.9 Å². The van der Waals surface area contributed by atoms with E-state index >= 15 is 0 Å². The summed E-state index contributed by atoms with van der Waals surface area (Å²) in [5.41, 5.74) is 2.38. The van der Waals surface area contributed by atoms with Crippen LogP contribution in [0.5, 0.6) is 0 Å². The lowest BCUT2D eigenvalue weighted by atomic mass is 9.98. The van der Waals surface area contributed by atoms with E-state index in [1.807, 2.05) is 24.3 Å². The molecule has 0 aliphatic carbocycles. The van der Waals surface area contributed by atoms with Crippen LogP contribution in [-0.2, 0) is 9.59 Å². The predicted molar refractivity (Wildman–Crippen MR) is 110 cm³/mol. The summed E-state index contributed by atoms with van der Waals surface area (Å²) >= 11 is 0. The molecule has 0 aromatic carbocycles. The van der Waals surface area contributed by atoms with Crippen LogP contribution in [0.1, 0.15) is 50.7 Å². The fourth-order valence-electron chi connectivity index (χ4n) is 3.84. The van der Waals surface area contributed by atoms with Crippen molar-refractivity contribution in [1.29, 1.82) is 0 Å². The first-order chi connectivity index (χ1) is 13.7. The summed E-state index contributed by atoms with van der Waals surface area (Å²) in [6.07, 6.45) is 7.12. The molecule has 0 spiro atoms. The molecule has 0 radical (unpaired) electrons. The minimum absolute atomic E-state index is 0.141. The molecule has 0 saturated heterocycles. The monoisotopic (exact) mass is 376 g/mol. The highest BCUT2D eigenvalue weighted by atomic mass is 16.2. The summed E-state index contributed by atoms with van der Waals surface area (Å²) in [6, 6.07) is 7.39. The SMILES string of the molecule is CCCCN1C(=O)/C(=C2\C(=O)N(CCCC)c3ncccc32)c2cccnc21. The van der Waals surface area contributed by atoms with Crippen LogP contribution < -0.4 is 9.80 Å². The molecule has 0 bridgehead atoms. The Balaban J connectivity index is 1.88. The van der Waals surface area contributed by atoms with E-state index in [-0.39, 0.29) is 11.8 Å². The first kappa shape index (κ1) is 18.3. The quantitative estimate of drug-likeness (QED) is 0.722. The summed E-state index contributed by atoms with van der Waals surface area (Å²) < 4.78 is 0. The molecule has 0 fully saturated rings. The van der Waals surface area contributed by atoms with Crippen LogP contribution in [-0.4, -0.2) is 34.9 Å². The topological polar surface area (TPSA) is 66.4 Å². The van der Waals surface area contributed by atoms with Crippen LogP contribution >= 0.6 is 0 Å². The Morgan fingerprint density at radius 3 is 1.57 bits per heavy atom. The first-order valence-corrected chi connectivity index (χ1v) is 9.97. The zero-order chi connectivity index (χ0) is 19.7. The third kappa shape index (κ3) is 2.80. The third-order valence-electron chi connectivity index (χ3n) is 5.26. The average molecular weight is 376 g/mol. The second kappa shape index (κ2) is 7.54. The Kier molecular flexibility index (Phi) is 4.94. The number of rotatable bonds is 6. The van der Waals surface area contributed by atoms with Gasteiger partial charge in [-0.25, -0.2) is 9.97 Å². The molecule has 0 saturated carbocycles. The van der Waals surface area contributed by atoms with Crippen molar-refractivity contribution in [3.05, 3.63) is 47.8 Å². The summed E-state index contributed by atoms with van der Waals surface area (Å²) in [7, 11) is 0. The van der Waals surface area contributed by atoms with E-state index in [9.17, 15) is 9.59 Å². The number of anilines is 2.